The van der Waals surface area contributed by atoms with Gasteiger partial charge in [-0.3, -0.25) is 10.1 Å². The number of nitrogens with zero attached hydrogens (tertiary/aromatic N) is 3. The van der Waals surface area contributed by atoms with E-state index in [2.05, 4.69) is 26.2 Å². The Morgan fingerprint density at radius 1 is 1.48 bits per heavy atom. The van der Waals surface area contributed by atoms with Crippen molar-refractivity contribution in [3.05, 3.63) is 39.0 Å². The van der Waals surface area contributed by atoms with Gasteiger partial charge in [0.25, 0.3) is 0 Å². The number of nitro groups is 1. The van der Waals surface area contributed by atoms with Gasteiger partial charge < -0.3 is 10.2 Å². The molecule has 1 aromatic carbocycles. The largest absolute Gasteiger partial charge is 0.368 e. The number of fused-ring (bicyclic) bond motifs is 1. The second-order valence-electron chi connectivity index (χ2n) is 4.79. The van der Waals surface area contributed by atoms with Crippen LogP contribution in [0, 0.1) is 10.1 Å². The van der Waals surface area contributed by atoms with Crippen LogP contribution in [-0.4, -0.2) is 37.1 Å². The lowest BCUT2D eigenvalue weighted by Crippen LogP contribution is -2.23. The SMILES string of the molecule is CNCCCN(C)c1c([N+](=O)[O-])cnc2ccc(Br)cc12. The fourth-order valence-electron chi connectivity index (χ4n) is 2.28. The van der Waals surface area contributed by atoms with Crippen LogP contribution in [0.2, 0.25) is 0 Å². The Bertz CT molecular complexity index is 663. The molecule has 112 valence electrons. The van der Waals surface area contributed by atoms with Crippen molar-refractivity contribution in [2.45, 2.75) is 6.42 Å². The molecule has 6 nitrogen and oxygen atoms in total. The minimum Gasteiger partial charge on any atom is -0.368 e. The summed E-state index contributed by atoms with van der Waals surface area (Å²) in [6, 6.07) is 5.61. The van der Waals surface area contributed by atoms with Gasteiger partial charge in [0.1, 0.15) is 11.9 Å². The standard InChI is InChI=1S/C14H17BrN4O2/c1-16-6-3-7-18(2)14-11-8-10(15)4-5-12(11)17-9-13(14)19(20)21/h4-5,8-9,16H,3,6-7H2,1-2H3. The van der Waals surface area contributed by atoms with Crippen LogP contribution >= 0.6 is 15.9 Å². The van der Waals surface area contributed by atoms with Gasteiger partial charge in [0, 0.05) is 23.5 Å². The highest BCUT2D eigenvalue weighted by Crippen LogP contribution is 2.35. The summed E-state index contributed by atoms with van der Waals surface area (Å²) in [5.74, 6) is 0. The fourth-order valence-corrected chi connectivity index (χ4v) is 2.64. The van der Waals surface area contributed by atoms with Gasteiger partial charge in [-0.2, -0.15) is 0 Å². The highest BCUT2D eigenvalue weighted by molar-refractivity contribution is 9.10. The predicted molar refractivity (Wildman–Crippen MR) is 87.9 cm³/mol. The van der Waals surface area contributed by atoms with Crippen molar-refractivity contribution in [3.63, 3.8) is 0 Å². The van der Waals surface area contributed by atoms with Crippen LogP contribution in [0.3, 0.4) is 0 Å². The van der Waals surface area contributed by atoms with Crippen LogP contribution in [0.4, 0.5) is 11.4 Å². The highest BCUT2D eigenvalue weighted by atomic mass is 79.9. The lowest BCUT2D eigenvalue weighted by Gasteiger charge is -2.20. The van der Waals surface area contributed by atoms with Crippen molar-refractivity contribution < 1.29 is 4.92 Å². The number of hydrogen-bond acceptors (Lipinski definition) is 5. The van der Waals surface area contributed by atoms with E-state index in [0.29, 0.717) is 5.69 Å². The van der Waals surface area contributed by atoms with Crippen LogP contribution in [0.25, 0.3) is 10.9 Å². The molecule has 0 saturated heterocycles. The van der Waals surface area contributed by atoms with Crippen LogP contribution in [0.5, 0.6) is 0 Å². The molecule has 1 N–H and O–H groups in total. The first-order chi connectivity index (χ1) is 10.0. The van der Waals surface area contributed by atoms with Crippen LogP contribution in [0.15, 0.2) is 28.9 Å². The molecule has 2 rings (SSSR count). The summed E-state index contributed by atoms with van der Waals surface area (Å²) in [6.07, 6.45) is 2.24. The molecule has 0 bridgehead atoms. The summed E-state index contributed by atoms with van der Waals surface area (Å²) in [5.41, 5.74) is 1.40. The summed E-state index contributed by atoms with van der Waals surface area (Å²) in [4.78, 5) is 17.0. The molecule has 0 aliphatic heterocycles. The summed E-state index contributed by atoms with van der Waals surface area (Å²) in [6.45, 7) is 1.60. The fraction of sp³-hybridized carbons (Fsp3) is 0.357. The third-order valence-corrected chi connectivity index (χ3v) is 3.77. The lowest BCUT2D eigenvalue weighted by molar-refractivity contribution is -0.384. The Morgan fingerprint density at radius 2 is 2.24 bits per heavy atom. The van der Waals surface area contributed by atoms with E-state index in [0.717, 1.165) is 34.9 Å². The number of halogens is 1. The van der Waals surface area contributed by atoms with E-state index >= 15 is 0 Å². The van der Waals surface area contributed by atoms with Crippen molar-refractivity contribution >= 4 is 38.2 Å². The summed E-state index contributed by atoms with van der Waals surface area (Å²) in [5, 5.41) is 15.2. The first-order valence-corrected chi connectivity index (χ1v) is 7.42. The molecule has 1 aromatic heterocycles. The first-order valence-electron chi connectivity index (χ1n) is 6.63. The van der Waals surface area contributed by atoms with Gasteiger partial charge in [-0.15, -0.1) is 0 Å². The molecule has 0 unspecified atom stereocenters. The molecule has 0 radical (unpaired) electrons. The maximum atomic E-state index is 11.3. The van der Waals surface area contributed by atoms with Gasteiger partial charge in [0.2, 0.25) is 0 Å². The summed E-state index contributed by atoms with van der Waals surface area (Å²) >= 11 is 3.42. The van der Waals surface area contributed by atoms with E-state index in [1.54, 1.807) is 0 Å². The van der Waals surface area contributed by atoms with Gasteiger partial charge in [0.05, 0.1) is 10.4 Å². The van der Waals surface area contributed by atoms with Gasteiger partial charge in [-0.25, -0.2) is 4.98 Å². The van der Waals surface area contributed by atoms with E-state index in [1.165, 1.54) is 6.20 Å². The molecule has 0 amide bonds. The molecular weight excluding hydrogens is 336 g/mol. The molecule has 0 aliphatic carbocycles. The number of rotatable bonds is 6. The van der Waals surface area contributed by atoms with E-state index in [9.17, 15) is 10.1 Å². The molecule has 21 heavy (non-hydrogen) atoms. The van der Waals surface area contributed by atoms with E-state index in [1.807, 2.05) is 37.2 Å². The van der Waals surface area contributed by atoms with E-state index in [4.69, 9.17) is 0 Å². The topological polar surface area (TPSA) is 71.3 Å². The number of nitrogens with one attached hydrogen (secondary N) is 1. The highest BCUT2D eigenvalue weighted by Gasteiger charge is 2.21. The normalized spacial score (nSPS) is 10.8. The molecule has 0 aliphatic rings. The quantitative estimate of drug-likeness (QED) is 0.491. The molecule has 7 heteroatoms. The smallest absolute Gasteiger partial charge is 0.311 e. The second kappa shape index (κ2) is 6.82. The Balaban J connectivity index is 2.52. The minimum atomic E-state index is -0.378. The predicted octanol–water partition coefficient (Wildman–Crippen LogP) is 2.95. The maximum Gasteiger partial charge on any atom is 0.311 e. The van der Waals surface area contributed by atoms with Gasteiger partial charge in [0.15, 0.2) is 0 Å². The molecule has 0 fully saturated rings. The average molecular weight is 353 g/mol. The first kappa shape index (κ1) is 15.7. The molecule has 0 saturated carbocycles. The average Bonchev–Trinajstić information content (AvgIpc) is 2.45. The third-order valence-electron chi connectivity index (χ3n) is 3.28. The van der Waals surface area contributed by atoms with Gasteiger partial charge in [-0.05, 0) is 38.2 Å². The summed E-state index contributed by atoms with van der Waals surface area (Å²) < 4.78 is 0.877. The van der Waals surface area contributed by atoms with Crippen LogP contribution < -0.4 is 10.2 Å². The Hall–Kier alpha value is -1.73. The zero-order valence-corrected chi connectivity index (χ0v) is 13.6. The van der Waals surface area contributed by atoms with Crippen LogP contribution in [0.1, 0.15) is 6.42 Å². The van der Waals surface area contributed by atoms with Crippen molar-refractivity contribution in [3.8, 4) is 0 Å². The number of pyridine rings is 1. The molecule has 1 heterocycles. The van der Waals surface area contributed by atoms with Crippen molar-refractivity contribution in [1.82, 2.24) is 10.3 Å². The molecule has 2 aromatic rings. The second-order valence-corrected chi connectivity index (χ2v) is 5.70. The van der Waals surface area contributed by atoms with Gasteiger partial charge >= 0.3 is 5.69 Å². The number of benzene rings is 1. The van der Waals surface area contributed by atoms with E-state index in [-0.39, 0.29) is 10.6 Å². The number of aromatic nitrogens is 1. The summed E-state index contributed by atoms with van der Waals surface area (Å²) in [7, 11) is 3.76. The molecular formula is C14H17BrN4O2. The monoisotopic (exact) mass is 352 g/mol. The van der Waals surface area contributed by atoms with Crippen molar-refractivity contribution in [2.75, 3.05) is 32.1 Å². The third kappa shape index (κ3) is 3.48. The minimum absolute atomic E-state index is 0.0348. The molecule has 0 spiro atoms. The number of hydrogen-bond donors (Lipinski definition) is 1. The van der Waals surface area contributed by atoms with Gasteiger partial charge in [-0.1, -0.05) is 15.9 Å². The maximum absolute atomic E-state index is 11.3. The zero-order chi connectivity index (χ0) is 15.4. The van der Waals surface area contributed by atoms with Crippen molar-refractivity contribution in [2.24, 2.45) is 0 Å². The zero-order valence-electron chi connectivity index (χ0n) is 12.0. The lowest BCUT2D eigenvalue weighted by atomic mass is 10.1. The Labute approximate surface area is 131 Å². The van der Waals surface area contributed by atoms with Crippen molar-refractivity contribution in [1.29, 1.82) is 0 Å². The molecule has 0 atom stereocenters. The van der Waals surface area contributed by atoms with E-state index < -0.39 is 0 Å². The Kier molecular flexibility index (Phi) is 5.08. The Morgan fingerprint density at radius 3 is 2.90 bits per heavy atom. The van der Waals surface area contributed by atoms with Crippen LogP contribution in [-0.2, 0) is 0 Å². The number of anilines is 1.